The highest BCUT2D eigenvalue weighted by Crippen LogP contribution is 2.35. The van der Waals surface area contributed by atoms with Crippen molar-refractivity contribution in [3.8, 4) is 0 Å². The van der Waals surface area contributed by atoms with Crippen LogP contribution in [0.15, 0.2) is 22.8 Å². The molecule has 2 aliphatic rings. The zero-order valence-electron chi connectivity index (χ0n) is 8.33. The summed E-state index contributed by atoms with van der Waals surface area (Å²) in [6, 6.07) is 0. The van der Waals surface area contributed by atoms with Crippen LogP contribution in [0.2, 0.25) is 0 Å². The first-order valence-corrected chi connectivity index (χ1v) is 6.22. The van der Waals surface area contributed by atoms with Gasteiger partial charge in [0.25, 0.3) is 0 Å². The lowest BCUT2D eigenvalue weighted by molar-refractivity contribution is 0.297. The Morgan fingerprint density at radius 2 is 2.21 bits per heavy atom. The van der Waals surface area contributed by atoms with Gasteiger partial charge in [-0.25, -0.2) is 0 Å². The Bertz CT molecular complexity index is 254. The molecule has 2 nitrogen and oxygen atoms in total. The summed E-state index contributed by atoms with van der Waals surface area (Å²) < 4.78 is 3.30. The van der Waals surface area contributed by atoms with E-state index >= 15 is 0 Å². The van der Waals surface area contributed by atoms with E-state index in [9.17, 15) is 0 Å². The zero-order valence-corrected chi connectivity index (χ0v) is 9.15. The molecule has 0 aromatic rings. The van der Waals surface area contributed by atoms with E-state index in [-0.39, 0.29) is 6.61 Å². The summed E-state index contributed by atoms with van der Waals surface area (Å²) in [6.45, 7) is 0.243. The fourth-order valence-electron chi connectivity index (χ4n) is 2.30. The molecule has 0 aromatic carbocycles. The molecule has 0 atom stereocenters. The van der Waals surface area contributed by atoms with Crippen LogP contribution in [0.1, 0.15) is 32.1 Å². The molecule has 1 aliphatic heterocycles. The minimum atomic E-state index is 0.243. The Balaban J connectivity index is 2.13. The smallest absolute Gasteiger partial charge is 0.0486 e. The Morgan fingerprint density at radius 1 is 1.43 bits per heavy atom. The largest absolute Gasteiger partial charge is 0.396 e. The molecule has 0 aromatic heterocycles. The van der Waals surface area contributed by atoms with Crippen LogP contribution in [0.3, 0.4) is 0 Å². The second-order valence-corrected chi connectivity index (χ2v) is 4.62. The van der Waals surface area contributed by atoms with Crippen molar-refractivity contribution in [2.24, 2.45) is 5.92 Å². The van der Waals surface area contributed by atoms with Crippen LogP contribution in [0, 0.1) is 5.92 Å². The normalized spacial score (nSPS) is 22.9. The van der Waals surface area contributed by atoms with E-state index in [2.05, 4.69) is 16.2 Å². The average Bonchev–Trinajstić information content (AvgIpc) is 2.72. The van der Waals surface area contributed by atoms with Crippen molar-refractivity contribution in [2.75, 3.05) is 6.61 Å². The fourth-order valence-corrected chi connectivity index (χ4v) is 2.94. The van der Waals surface area contributed by atoms with E-state index in [4.69, 9.17) is 5.11 Å². The first-order chi connectivity index (χ1) is 6.92. The van der Waals surface area contributed by atoms with Gasteiger partial charge in [-0.05, 0) is 47.8 Å². The lowest BCUT2D eigenvalue weighted by Gasteiger charge is -2.20. The number of hydrogen-bond donors (Lipinski definition) is 2. The molecule has 0 amide bonds. The van der Waals surface area contributed by atoms with E-state index in [1.54, 1.807) is 11.9 Å². The second-order valence-electron chi connectivity index (χ2n) is 3.91. The Hall–Kier alpha value is -0.410. The second kappa shape index (κ2) is 4.89. The number of aliphatic hydroxyl groups is 1. The van der Waals surface area contributed by atoms with Gasteiger partial charge in [0.15, 0.2) is 0 Å². The SMILES string of the molecule is OCCC1=C(C2CCCC2)C=CSN1. The van der Waals surface area contributed by atoms with Gasteiger partial charge in [-0.3, -0.25) is 0 Å². The molecule has 0 radical (unpaired) electrons. The summed E-state index contributed by atoms with van der Waals surface area (Å²) in [7, 11) is 0. The molecule has 2 rings (SSSR count). The van der Waals surface area contributed by atoms with Crippen molar-refractivity contribution in [3.05, 3.63) is 22.8 Å². The maximum absolute atomic E-state index is 8.97. The molecule has 2 N–H and O–H groups in total. The summed E-state index contributed by atoms with van der Waals surface area (Å²) >= 11 is 1.61. The quantitative estimate of drug-likeness (QED) is 0.704. The third kappa shape index (κ3) is 2.15. The monoisotopic (exact) mass is 211 g/mol. The maximum atomic E-state index is 8.97. The number of nitrogens with one attached hydrogen (secondary N) is 1. The standard InChI is InChI=1S/C11H17NOS/c13-7-5-11-10(6-8-14-12-11)9-3-1-2-4-9/h6,8-9,12-13H,1-5,7H2. The van der Waals surface area contributed by atoms with Crippen molar-refractivity contribution in [3.63, 3.8) is 0 Å². The van der Waals surface area contributed by atoms with Gasteiger partial charge < -0.3 is 9.83 Å². The molecule has 1 heterocycles. The molecule has 3 heteroatoms. The predicted octanol–water partition coefficient (Wildman–Crippen LogP) is 2.58. The molecule has 0 unspecified atom stereocenters. The van der Waals surface area contributed by atoms with Crippen molar-refractivity contribution in [1.29, 1.82) is 0 Å². The molecule has 14 heavy (non-hydrogen) atoms. The molecule has 0 bridgehead atoms. The summed E-state index contributed by atoms with van der Waals surface area (Å²) in [5.41, 5.74) is 2.68. The highest BCUT2D eigenvalue weighted by atomic mass is 32.2. The predicted molar refractivity (Wildman–Crippen MR) is 60.6 cm³/mol. The van der Waals surface area contributed by atoms with Crippen molar-refractivity contribution >= 4 is 11.9 Å². The van der Waals surface area contributed by atoms with E-state index in [1.807, 2.05) is 0 Å². The van der Waals surface area contributed by atoms with Crippen molar-refractivity contribution in [1.82, 2.24) is 4.72 Å². The van der Waals surface area contributed by atoms with E-state index in [1.165, 1.54) is 37.0 Å². The van der Waals surface area contributed by atoms with Gasteiger partial charge in [0.05, 0.1) is 0 Å². The molecule has 1 fully saturated rings. The average molecular weight is 211 g/mol. The molecular formula is C11H17NOS. The third-order valence-corrected chi connectivity index (χ3v) is 3.64. The molecule has 78 valence electrons. The van der Waals surface area contributed by atoms with Gasteiger partial charge in [0, 0.05) is 18.7 Å². The third-order valence-electron chi connectivity index (χ3n) is 3.00. The van der Waals surface area contributed by atoms with Crippen LogP contribution in [-0.4, -0.2) is 11.7 Å². The van der Waals surface area contributed by atoms with Gasteiger partial charge >= 0.3 is 0 Å². The molecule has 0 spiro atoms. The summed E-state index contributed by atoms with van der Waals surface area (Å²) in [4.78, 5) is 0. The minimum absolute atomic E-state index is 0.243. The zero-order chi connectivity index (χ0) is 9.80. The van der Waals surface area contributed by atoms with Gasteiger partial charge in [-0.1, -0.05) is 12.8 Å². The van der Waals surface area contributed by atoms with Crippen molar-refractivity contribution < 1.29 is 5.11 Å². The van der Waals surface area contributed by atoms with Crippen LogP contribution < -0.4 is 4.72 Å². The molecule has 1 aliphatic carbocycles. The summed E-state index contributed by atoms with van der Waals surface area (Å²) in [5.74, 6) is 0.737. The van der Waals surface area contributed by atoms with Gasteiger partial charge in [0.2, 0.25) is 0 Å². The highest BCUT2D eigenvalue weighted by Gasteiger charge is 2.21. The first-order valence-electron chi connectivity index (χ1n) is 5.34. The van der Waals surface area contributed by atoms with Gasteiger partial charge in [0.1, 0.15) is 0 Å². The number of rotatable bonds is 3. The van der Waals surface area contributed by atoms with Crippen molar-refractivity contribution in [2.45, 2.75) is 32.1 Å². The fraction of sp³-hybridized carbons (Fsp3) is 0.636. The number of allylic oxidation sites excluding steroid dienone is 2. The lowest BCUT2D eigenvalue weighted by atomic mass is 9.94. The number of hydrogen-bond acceptors (Lipinski definition) is 3. The molecular weight excluding hydrogens is 194 g/mol. The van der Waals surface area contributed by atoms with Crippen LogP contribution in [0.5, 0.6) is 0 Å². The lowest BCUT2D eigenvalue weighted by Crippen LogP contribution is -2.14. The van der Waals surface area contributed by atoms with Gasteiger partial charge in [-0.2, -0.15) is 0 Å². The molecule has 0 saturated heterocycles. The van der Waals surface area contributed by atoms with E-state index in [0.717, 1.165) is 12.3 Å². The summed E-state index contributed by atoms with van der Waals surface area (Å²) in [5, 5.41) is 11.1. The highest BCUT2D eigenvalue weighted by molar-refractivity contribution is 8.00. The minimum Gasteiger partial charge on any atom is -0.396 e. The topological polar surface area (TPSA) is 32.3 Å². The van der Waals surface area contributed by atoms with Crippen LogP contribution in [0.4, 0.5) is 0 Å². The Morgan fingerprint density at radius 3 is 2.93 bits per heavy atom. The van der Waals surface area contributed by atoms with Gasteiger partial charge in [-0.15, -0.1) is 0 Å². The first kappa shape index (κ1) is 10.1. The Kier molecular flexibility index (Phi) is 3.54. The van der Waals surface area contributed by atoms with E-state index < -0.39 is 0 Å². The van der Waals surface area contributed by atoms with E-state index in [0.29, 0.717) is 0 Å². The molecule has 1 saturated carbocycles. The summed E-state index contributed by atoms with van der Waals surface area (Å²) in [6.07, 6.45) is 8.36. The van der Waals surface area contributed by atoms with Crippen LogP contribution in [-0.2, 0) is 0 Å². The van der Waals surface area contributed by atoms with Crippen LogP contribution >= 0.6 is 11.9 Å². The Labute approximate surface area is 89.6 Å². The maximum Gasteiger partial charge on any atom is 0.0486 e. The van der Waals surface area contributed by atoms with Crippen LogP contribution in [0.25, 0.3) is 0 Å². The number of aliphatic hydroxyl groups excluding tert-OH is 1.